The number of amides is 2. The average molecular weight is 240 g/mol. The van der Waals surface area contributed by atoms with E-state index in [2.05, 4.69) is 0 Å². The molecule has 17 heavy (non-hydrogen) atoms. The van der Waals surface area contributed by atoms with Gasteiger partial charge in [-0.05, 0) is 12.1 Å². The van der Waals surface area contributed by atoms with Crippen LogP contribution < -0.4 is 10.6 Å². The third-order valence-electron chi connectivity index (χ3n) is 2.70. The molecule has 1 fully saturated rings. The molecule has 1 atom stereocenters. The van der Waals surface area contributed by atoms with Crippen LogP contribution in [0.3, 0.4) is 0 Å². The monoisotopic (exact) mass is 240 g/mol. The minimum Gasteiger partial charge on any atom is -0.397 e. The predicted molar refractivity (Wildman–Crippen MR) is 57.0 cm³/mol. The van der Waals surface area contributed by atoms with E-state index in [9.17, 15) is 18.4 Å². The smallest absolute Gasteiger partial charge is 0.237 e. The molecule has 2 amide bonds. The highest BCUT2D eigenvalue weighted by molar-refractivity contribution is 6.22. The maximum atomic E-state index is 13.6. The van der Waals surface area contributed by atoms with Gasteiger partial charge >= 0.3 is 0 Å². The Balaban J connectivity index is 2.58. The lowest BCUT2D eigenvalue weighted by Gasteiger charge is -2.17. The van der Waals surface area contributed by atoms with Crippen molar-refractivity contribution in [2.75, 3.05) is 10.6 Å². The molecule has 1 aliphatic heterocycles. The summed E-state index contributed by atoms with van der Waals surface area (Å²) in [6, 6.07) is 1.97. The maximum absolute atomic E-state index is 13.6. The third-order valence-corrected chi connectivity index (χ3v) is 2.70. The van der Waals surface area contributed by atoms with Crippen LogP contribution >= 0.6 is 0 Å². The van der Waals surface area contributed by atoms with Crippen LogP contribution in [0.4, 0.5) is 20.2 Å². The molecule has 1 aliphatic rings. The van der Waals surface area contributed by atoms with E-state index in [1.807, 2.05) is 0 Å². The van der Waals surface area contributed by atoms with Crippen molar-refractivity contribution < 1.29 is 18.4 Å². The van der Waals surface area contributed by atoms with Gasteiger partial charge in [0.25, 0.3) is 0 Å². The van der Waals surface area contributed by atoms with Crippen molar-refractivity contribution >= 4 is 23.2 Å². The molecule has 0 radical (unpaired) electrons. The molecule has 1 aromatic rings. The molecule has 0 aliphatic carbocycles. The van der Waals surface area contributed by atoms with E-state index in [0.717, 1.165) is 12.1 Å². The molecule has 1 unspecified atom stereocenters. The first-order valence-electron chi connectivity index (χ1n) is 5.03. The van der Waals surface area contributed by atoms with Gasteiger partial charge in [-0.2, -0.15) is 0 Å². The lowest BCUT2D eigenvalue weighted by atomic mass is 10.1. The van der Waals surface area contributed by atoms with Gasteiger partial charge in [0.15, 0.2) is 11.6 Å². The van der Waals surface area contributed by atoms with Gasteiger partial charge < -0.3 is 5.73 Å². The molecule has 1 heterocycles. The standard InChI is InChI=1S/C11H10F2N2O2/c1-5-4-8(16)15(11(5)17)10-7(14)3-2-6(12)9(10)13/h2-3,5H,4,14H2,1H3. The Morgan fingerprint density at radius 1 is 1.35 bits per heavy atom. The number of halogens is 2. The summed E-state index contributed by atoms with van der Waals surface area (Å²) < 4.78 is 26.7. The maximum Gasteiger partial charge on any atom is 0.237 e. The van der Waals surface area contributed by atoms with Crippen molar-refractivity contribution in [2.45, 2.75) is 13.3 Å². The molecule has 0 spiro atoms. The van der Waals surface area contributed by atoms with Crippen molar-refractivity contribution in [3.8, 4) is 0 Å². The number of imide groups is 1. The fourth-order valence-corrected chi connectivity index (χ4v) is 1.80. The number of nitrogen functional groups attached to an aromatic ring is 1. The number of carbonyl (C=O) groups is 2. The van der Waals surface area contributed by atoms with E-state index < -0.39 is 35.1 Å². The Morgan fingerprint density at radius 3 is 2.53 bits per heavy atom. The molecule has 0 aromatic heterocycles. The number of anilines is 2. The first-order chi connectivity index (χ1) is 7.93. The average Bonchev–Trinajstić information content (AvgIpc) is 2.51. The van der Waals surface area contributed by atoms with Crippen LogP contribution in [0.15, 0.2) is 12.1 Å². The van der Waals surface area contributed by atoms with Crippen molar-refractivity contribution in [3.63, 3.8) is 0 Å². The Hall–Kier alpha value is -1.98. The van der Waals surface area contributed by atoms with Crippen LogP contribution in [0.5, 0.6) is 0 Å². The minimum absolute atomic E-state index is 0.0196. The summed E-state index contributed by atoms with van der Waals surface area (Å²) in [5.74, 6) is -4.09. The van der Waals surface area contributed by atoms with Crippen molar-refractivity contribution in [3.05, 3.63) is 23.8 Å². The molecule has 90 valence electrons. The fourth-order valence-electron chi connectivity index (χ4n) is 1.80. The summed E-state index contributed by atoms with van der Waals surface area (Å²) in [4.78, 5) is 23.9. The van der Waals surface area contributed by atoms with E-state index in [1.54, 1.807) is 6.92 Å². The van der Waals surface area contributed by atoms with Gasteiger partial charge in [-0.25, -0.2) is 13.7 Å². The highest BCUT2D eigenvalue weighted by Gasteiger charge is 2.39. The second-order valence-electron chi connectivity index (χ2n) is 3.97. The summed E-state index contributed by atoms with van der Waals surface area (Å²) in [5, 5.41) is 0. The Kier molecular flexibility index (Phi) is 2.57. The first kappa shape index (κ1) is 11.5. The molecule has 1 saturated heterocycles. The summed E-state index contributed by atoms with van der Waals surface area (Å²) in [5.41, 5.74) is 4.87. The molecule has 1 aromatic carbocycles. The van der Waals surface area contributed by atoms with Gasteiger partial charge in [0, 0.05) is 12.3 Å². The van der Waals surface area contributed by atoms with Gasteiger partial charge in [0.2, 0.25) is 11.8 Å². The van der Waals surface area contributed by atoms with Gasteiger partial charge in [-0.3, -0.25) is 9.59 Å². The molecule has 2 rings (SSSR count). The summed E-state index contributed by atoms with van der Waals surface area (Å²) in [6.07, 6.45) is -0.0196. The Bertz CT molecular complexity index is 516. The van der Waals surface area contributed by atoms with E-state index in [-0.39, 0.29) is 12.1 Å². The summed E-state index contributed by atoms with van der Waals surface area (Å²) >= 11 is 0. The number of benzene rings is 1. The van der Waals surface area contributed by atoms with E-state index >= 15 is 0 Å². The molecule has 2 N–H and O–H groups in total. The number of nitrogens with zero attached hydrogens (tertiary/aromatic N) is 1. The van der Waals surface area contributed by atoms with Crippen LogP contribution in [0, 0.1) is 17.6 Å². The zero-order valence-electron chi connectivity index (χ0n) is 9.04. The zero-order valence-corrected chi connectivity index (χ0v) is 9.04. The zero-order chi connectivity index (χ0) is 12.7. The van der Waals surface area contributed by atoms with Crippen molar-refractivity contribution in [1.29, 1.82) is 0 Å². The number of carbonyl (C=O) groups excluding carboxylic acids is 2. The lowest BCUT2D eigenvalue weighted by molar-refractivity contribution is -0.122. The fraction of sp³-hybridized carbons (Fsp3) is 0.273. The van der Waals surface area contributed by atoms with Crippen LogP contribution in [0.2, 0.25) is 0 Å². The molecule has 0 bridgehead atoms. The third kappa shape index (κ3) is 1.65. The molecular weight excluding hydrogens is 230 g/mol. The van der Waals surface area contributed by atoms with Crippen LogP contribution in [-0.4, -0.2) is 11.8 Å². The highest BCUT2D eigenvalue weighted by atomic mass is 19.2. The molecule has 6 heteroatoms. The number of rotatable bonds is 1. The van der Waals surface area contributed by atoms with Crippen molar-refractivity contribution in [1.82, 2.24) is 0 Å². The second kappa shape index (κ2) is 3.80. The normalized spacial score (nSPS) is 20.2. The van der Waals surface area contributed by atoms with Gasteiger partial charge in [0.05, 0.1) is 5.69 Å². The molecular formula is C11H10F2N2O2. The van der Waals surface area contributed by atoms with Gasteiger partial charge in [0.1, 0.15) is 5.69 Å². The predicted octanol–water partition coefficient (Wildman–Crippen LogP) is 1.45. The van der Waals surface area contributed by atoms with Crippen LogP contribution in [0.1, 0.15) is 13.3 Å². The summed E-state index contributed by atoms with van der Waals surface area (Å²) in [7, 11) is 0. The quantitative estimate of drug-likeness (QED) is 0.596. The van der Waals surface area contributed by atoms with Crippen LogP contribution in [0.25, 0.3) is 0 Å². The topological polar surface area (TPSA) is 63.4 Å². The van der Waals surface area contributed by atoms with E-state index in [1.165, 1.54) is 0 Å². The first-order valence-corrected chi connectivity index (χ1v) is 5.03. The number of hydrogen-bond donors (Lipinski definition) is 1. The number of nitrogens with two attached hydrogens (primary N) is 1. The molecule has 4 nitrogen and oxygen atoms in total. The highest BCUT2D eigenvalue weighted by Crippen LogP contribution is 2.33. The van der Waals surface area contributed by atoms with Gasteiger partial charge in [-0.15, -0.1) is 0 Å². The van der Waals surface area contributed by atoms with E-state index in [0.29, 0.717) is 4.90 Å². The SMILES string of the molecule is CC1CC(=O)N(c2c(N)ccc(F)c2F)C1=O. The Morgan fingerprint density at radius 2 is 2.00 bits per heavy atom. The Labute approximate surface area is 96.0 Å². The van der Waals surface area contributed by atoms with Crippen molar-refractivity contribution in [2.24, 2.45) is 5.92 Å². The lowest BCUT2D eigenvalue weighted by Crippen LogP contribution is -2.31. The second-order valence-corrected chi connectivity index (χ2v) is 3.97. The summed E-state index contributed by atoms with van der Waals surface area (Å²) in [6.45, 7) is 1.55. The largest absolute Gasteiger partial charge is 0.397 e. The van der Waals surface area contributed by atoms with E-state index in [4.69, 9.17) is 5.73 Å². The number of hydrogen-bond acceptors (Lipinski definition) is 3. The van der Waals surface area contributed by atoms with Crippen LogP contribution in [-0.2, 0) is 9.59 Å². The van der Waals surface area contributed by atoms with Gasteiger partial charge in [-0.1, -0.05) is 6.92 Å². The minimum atomic E-state index is -1.28. The molecule has 0 saturated carbocycles.